The fraction of sp³-hybridized carbons (Fsp3) is 0.478. The number of hydrogen-bond donors (Lipinski definition) is 1. The average Bonchev–Trinajstić information content (AvgIpc) is 2.70. The molecule has 0 amide bonds. The van der Waals surface area contributed by atoms with E-state index in [1.807, 2.05) is 69.2 Å². The lowest BCUT2D eigenvalue weighted by Gasteiger charge is -2.37. The molecule has 0 saturated carbocycles. The Hall–Kier alpha value is -1.93. The summed E-state index contributed by atoms with van der Waals surface area (Å²) in [5, 5.41) is 9.70. The fourth-order valence-electron chi connectivity index (χ4n) is 3.73. The first-order valence-electron chi connectivity index (χ1n) is 10.3. The monoisotopic (exact) mass is 432 g/mol. The van der Waals surface area contributed by atoms with Crippen molar-refractivity contribution in [1.29, 1.82) is 0 Å². The molecule has 30 heavy (non-hydrogen) atoms. The lowest BCUT2D eigenvalue weighted by molar-refractivity contribution is 0.0813. The minimum Gasteiger partial charge on any atom is -0.487 e. The maximum atomic E-state index is 13.5. The molecule has 6 nitrogen and oxygen atoms in total. The highest BCUT2D eigenvalue weighted by Crippen LogP contribution is 2.36. The van der Waals surface area contributed by atoms with Crippen molar-refractivity contribution in [3.05, 3.63) is 48.0 Å². The number of aliphatic hydroxyl groups excluding tert-OH is 1. The van der Waals surface area contributed by atoms with Gasteiger partial charge in [0, 0.05) is 25.0 Å². The summed E-state index contributed by atoms with van der Waals surface area (Å²) in [4.78, 5) is 2.19. The molecule has 3 rings (SSSR count). The Labute approximate surface area is 180 Å². The largest absolute Gasteiger partial charge is 0.487 e. The summed E-state index contributed by atoms with van der Waals surface area (Å²) in [7, 11) is 0.141. The molecule has 0 aliphatic carbocycles. The highest BCUT2D eigenvalue weighted by atomic mass is 32.2. The Morgan fingerprint density at radius 1 is 1.17 bits per heavy atom. The Bertz CT molecular complexity index is 973. The highest BCUT2D eigenvalue weighted by Gasteiger charge is 2.37. The third-order valence-electron chi connectivity index (χ3n) is 5.60. The molecule has 7 heteroatoms. The second-order valence-electron chi connectivity index (χ2n) is 8.53. The van der Waals surface area contributed by atoms with E-state index >= 15 is 0 Å². The number of sulfonamides is 1. The van der Waals surface area contributed by atoms with Gasteiger partial charge in [-0.3, -0.25) is 0 Å². The first-order valence-corrected chi connectivity index (χ1v) is 11.7. The third kappa shape index (κ3) is 4.70. The molecule has 164 valence electrons. The summed E-state index contributed by atoms with van der Waals surface area (Å²) in [5.41, 5.74) is 3.07. The van der Waals surface area contributed by atoms with E-state index in [0.717, 1.165) is 16.7 Å². The zero-order valence-corrected chi connectivity index (χ0v) is 19.2. The van der Waals surface area contributed by atoms with Gasteiger partial charge in [-0.1, -0.05) is 42.8 Å². The molecule has 2 aromatic rings. The van der Waals surface area contributed by atoms with Gasteiger partial charge in [-0.05, 0) is 51.2 Å². The zero-order chi connectivity index (χ0) is 22.1. The number of aliphatic hydroxyl groups is 1. The second kappa shape index (κ2) is 9.06. The molecule has 0 aromatic heterocycles. The van der Waals surface area contributed by atoms with Crippen LogP contribution in [-0.4, -0.2) is 68.7 Å². The topological polar surface area (TPSA) is 70.1 Å². The number of rotatable bonds is 5. The lowest BCUT2D eigenvalue weighted by atomic mass is 10.0. The van der Waals surface area contributed by atoms with Crippen LogP contribution in [0.15, 0.2) is 47.4 Å². The van der Waals surface area contributed by atoms with Gasteiger partial charge in [-0.25, -0.2) is 8.42 Å². The van der Waals surface area contributed by atoms with E-state index in [2.05, 4.69) is 0 Å². The van der Waals surface area contributed by atoms with Gasteiger partial charge in [0.05, 0.1) is 6.61 Å². The Balaban J connectivity index is 2.14. The van der Waals surface area contributed by atoms with Gasteiger partial charge in [0.2, 0.25) is 10.0 Å². The SMILES string of the molecule is Cc1ccc(-c2ccc3c(c2)O[C@H](CN(C)C)[C@@H](C)CN([C@H](C)CO)S3(=O)=O)cc1. The normalized spacial score (nSPS) is 22.6. The number of nitrogens with zero attached hydrogens (tertiary/aromatic N) is 2. The van der Waals surface area contributed by atoms with Crippen LogP contribution in [0.4, 0.5) is 0 Å². The molecule has 0 radical (unpaired) electrons. The molecular formula is C23H32N2O4S. The summed E-state index contributed by atoms with van der Waals surface area (Å²) in [6.07, 6.45) is -0.184. The molecule has 3 atom stereocenters. The van der Waals surface area contributed by atoms with Crippen LogP contribution in [0.1, 0.15) is 19.4 Å². The van der Waals surface area contributed by atoms with E-state index in [0.29, 0.717) is 18.8 Å². The van der Waals surface area contributed by atoms with Gasteiger partial charge in [0.1, 0.15) is 16.7 Å². The lowest BCUT2D eigenvalue weighted by Crippen LogP contribution is -2.49. The quantitative estimate of drug-likeness (QED) is 0.787. The average molecular weight is 433 g/mol. The van der Waals surface area contributed by atoms with Crippen LogP contribution in [-0.2, 0) is 10.0 Å². The highest BCUT2D eigenvalue weighted by molar-refractivity contribution is 7.89. The van der Waals surface area contributed by atoms with Gasteiger partial charge in [0.15, 0.2) is 0 Å². The zero-order valence-electron chi connectivity index (χ0n) is 18.4. The molecule has 0 saturated heterocycles. The molecular weight excluding hydrogens is 400 g/mol. The van der Waals surface area contributed by atoms with Gasteiger partial charge < -0.3 is 14.7 Å². The molecule has 1 N–H and O–H groups in total. The number of ether oxygens (including phenoxy) is 1. The van der Waals surface area contributed by atoms with E-state index in [9.17, 15) is 13.5 Å². The summed E-state index contributed by atoms with van der Waals surface area (Å²) in [6, 6.07) is 12.9. The van der Waals surface area contributed by atoms with Crippen LogP contribution in [0, 0.1) is 12.8 Å². The molecule has 0 spiro atoms. The predicted molar refractivity (Wildman–Crippen MR) is 119 cm³/mol. The number of aryl methyl sites for hydroxylation is 1. The molecule has 0 unspecified atom stereocenters. The van der Waals surface area contributed by atoms with E-state index in [1.54, 1.807) is 13.0 Å². The molecule has 1 aliphatic rings. The first kappa shape index (κ1) is 22.7. The minimum absolute atomic E-state index is 0.0487. The van der Waals surface area contributed by atoms with Crippen LogP contribution in [0.25, 0.3) is 11.1 Å². The van der Waals surface area contributed by atoms with E-state index < -0.39 is 16.1 Å². The predicted octanol–water partition coefficient (Wildman–Crippen LogP) is 2.99. The molecule has 0 fully saturated rings. The summed E-state index contributed by atoms with van der Waals surface area (Å²) in [6.45, 7) is 6.48. The van der Waals surface area contributed by atoms with Crippen LogP contribution < -0.4 is 4.74 Å². The molecule has 0 bridgehead atoms. The van der Waals surface area contributed by atoms with Gasteiger partial charge in [0.25, 0.3) is 0 Å². The third-order valence-corrected chi connectivity index (χ3v) is 7.62. The van der Waals surface area contributed by atoms with Crippen molar-refractivity contribution in [3.63, 3.8) is 0 Å². The summed E-state index contributed by atoms with van der Waals surface area (Å²) in [5.74, 6) is 0.314. The smallest absolute Gasteiger partial charge is 0.247 e. The van der Waals surface area contributed by atoms with E-state index in [-0.39, 0.29) is 23.5 Å². The summed E-state index contributed by atoms with van der Waals surface area (Å²) >= 11 is 0. The van der Waals surface area contributed by atoms with E-state index in [1.165, 1.54) is 4.31 Å². The van der Waals surface area contributed by atoms with Crippen LogP contribution >= 0.6 is 0 Å². The minimum atomic E-state index is -3.81. The second-order valence-corrected chi connectivity index (χ2v) is 10.4. The first-order chi connectivity index (χ1) is 14.1. The molecule has 1 aliphatic heterocycles. The Morgan fingerprint density at radius 2 is 1.80 bits per heavy atom. The number of hydrogen-bond acceptors (Lipinski definition) is 5. The van der Waals surface area contributed by atoms with Crippen molar-refractivity contribution >= 4 is 10.0 Å². The van der Waals surface area contributed by atoms with Crippen molar-refractivity contribution in [2.45, 2.75) is 37.8 Å². The Kier molecular flexibility index (Phi) is 6.87. The maximum Gasteiger partial charge on any atom is 0.247 e. The standard InChI is InChI=1S/C23H32N2O4S/c1-16-6-8-19(9-7-16)20-10-11-23-21(12-20)29-22(14-24(4)5)17(2)13-25(18(3)15-26)30(23,27)28/h6-12,17-18,22,26H,13-15H2,1-5H3/t17-,18+,22+/m0/s1. The van der Waals surface area contributed by atoms with Crippen molar-refractivity contribution in [1.82, 2.24) is 9.21 Å². The van der Waals surface area contributed by atoms with E-state index in [4.69, 9.17) is 4.74 Å². The molecule has 2 aromatic carbocycles. The van der Waals surface area contributed by atoms with Crippen LogP contribution in [0.2, 0.25) is 0 Å². The maximum absolute atomic E-state index is 13.5. The summed E-state index contributed by atoms with van der Waals surface area (Å²) < 4.78 is 34.7. The fourth-order valence-corrected chi connectivity index (χ4v) is 5.55. The van der Waals surface area contributed by atoms with Crippen molar-refractivity contribution in [2.75, 3.05) is 33.8 Å². The van der Waals surface area contributed by atoms with Gasteiger partial charge >= 0.3 is 0 Å². The van der Waals surface area contributed by atoms with Crippen LogP contribution in [0.3, 0.4) is 0 Å². The number of likely N-dealkylation sites (N-methyl/N-ethyl adjacent to an activating group) is 1. The van der Waals surface area contributed by atoms with Crippen LogP contribution in [0.5, 0.6) is 5.75 Å². The number of fused-ring (bicyclic) bond motifs is 1. The van der Waals surface area contributed by atoms with Gasteiger partial charge in [-0.2, -0.15) is 4.31 Å². The van der Waals surface area contributed by atoms with Gasteiger partial charge in [-0.15, -0.1) is 0 Å². The number of benzene rings is 2. The van der Waals surface area contributed by atoms with Crippen molar-refractivity contribution in [3.8, 4) is 16.9 Å². The molecule has 1 heterocycles. The Morgan fingerprint density at radius 3 is 2.40 bits per heavy atom. The van der Waals surface area contributed by atoms with Crippen molar-refractivity contribution in [2.24, 2.45) is 5.92 Å². The van der Waals surface area contributed by atoms with Crippen molar-refractivity contribution < 1.29 is 18.3 Å².